The summed E-state index contributed by atoms with van der Waals surface area (Å²) in [4.78, 5) is 0. The Bertz CT molecular complexity index is 434. The van der Waals surface area contributed by atoms with Crippen LogP contribution >= 0.6 is 0 Å². The van der Waals surface area contributed by atoms with Crippen molar-refractivity contribution in [2.24, 2.45) is 41.4 Å². The summed E-state index contributed by atoms with van der Waals surface area (Å²) < 4.78 is 0. The Morgan fingerprint density at radius 1 is 0.774 bits per heavy atom. The summed E-state index contributed by atoms with van der Waals surface area (Å²) in [6.07, 6.45) is 22.0. The minimum atomic E-state index is -0.0645. The molecule has 0 aromatic heterocycles. The second kappa shape index (κ2) is 14.9. The van der Waals surface area contributed by atoms with Crippen LogP contribution in [0.25, 0.3) is 0 Å². The van der Waals surface area contributed by atoms with E-state index in [4.69, 9.17) is 0 Å². The van der Waals surface area contributed by atoms with E-state index in [0.29, 0.717) is 18.4 Å². The van der Waals surface area contributed by atoms with Gasteiger partial charge >= 0.3 is 0 Å². The van der Waals surface area contributed by atoms with Crippen LogP contribution < -0.4 is 0 Å². The van der Waals surface area contributed by atoms with Crippen molar-refractivity contribution in [3.05, 3.63) is 0 Å². The molecule has 2 nitrogen and oxygen atoms in total. The monoisotopic (exact) mass is 436 g/mol. The van der Waals surface area contributed by atoms with Crippen molar-refractivity contribution < 1.29 is 10.2 Å². The summed E-state index contributed by atoms with van der Waals surface area (Å²) in [6, 6.07) is 0. The molecule has 0 aliphatic heterocycles. The van der Waals surface area contributed by atoms with Crippen LogP contribution in [0.5, 0.6) is 0 Å². The Hall–Kier alpha value is -0.0800. The normalized spacial score (nSPS) is 30.5. The second-order valence-electron chi connectivity index (χ2n) is 12.0. The molecule has 0 saturated heterocycles. The minimum absolute atomic E-state index is 0.0645. The lowest BCUT2D eigenvalue weighted by atomic mass is 9.64. The maximum atomic E-state index is 10.0. The van der Waals surface area contributed by atoms with E-state index >= 15 is 0 Å². The summed E-state index contributed by atoms with van der Waals surface area (Å²) in [5.41, 5.74) is 0. The van der Waals surface area contributed by atoms with Crippen LogP contribution in [0.1, 0.15) is 130 Å². The lowest BCUT2D eigenvalue weighted by Gasteiger charge is -2.41. The fourth-order valence-electron chi connectivity index (χ4n) is 7.02. The zero-order valence-electron chi connectivity index (χ0n) is 21.5. The first-order valence-corrected chi connectivity index (χ1v) is 14.2. The van der Waals surface area contributed by atoms with Gasteiger partial charge < -0.3 is 10.2 Å². The number of hydrogen-bond acceptors (Lipinski definition) is 2. The van der Waals surface area contributed by atoms with E-state index in [2.05, 4.69) is 20.8 Å². The molecule has 0 aromatic rings. The standard InChI is InChI=1S/C21H40O.C8H16O/c1-16(2)20-13-12-17(3)14-21(20)19(15-22)11-7-10-18-8-5-4-6-9-18;1-7(9)8-5-3-2-4-6-8/h16-22H,4-15H2,1-3H3;7-9H,2-6H2,1H3. The third kappa shape index (κ3) is 9.75. The molecule has 0 aromatic carbocycles. The van der Waals surface area contributed by atoms with Gasteiger partial charge in [0.2, 0.25) is 0 Å². The summed E-state index contributed by atoms with van der Waals surface area (Å²) in [5.74, 6) is 5.46. The van der Waals surface area contributed by atoms with Crippen molar-refractivity contribution in [3.8, 4) is 0 Å². The van der Waals surface area contributed by atoms with Gasteiger partial charge in [-0.2, -0.15) is 0 Å². The molecular weight excluding hydrogens is 380 g/mol. The van der Waals surface area contributed by atoms with Gasteiger partial charge in [0.05, 0.1) is 6.10 Å². The van der Waals surface area contributed by atoms with Crippen LogP contribution in [0.4, 0.5) is 0 Å². The van der Waals surface area contributed by atoms with Crippen LogP contribution in [0.2, 0.25) is 0 Å². The fourth-order valence-corrected chi connectivity index (χ4v) is 7.02. The molecule has 184 valence electrons. The van der Waals surface area contributed by atoms with Crippen LogP contribution in [-0.4, -0.2) is 22.9 Å². The molecule has 0 radical (unpaired) electrons. The van der Waals surface area contributed by atoms with E-state index in [9.17, 15) is 10.2 Å². The van der Waals surface area contributed by atoms with E-state index < -0.39 is 0 Å². The highest BCUT2D eigenvalue weighted by atomic mass is 16.3. The first kappa shape index (κ1) is 27.2. The van der Waals surface area contributed by atoms with Gasteiger partial charge in [-0.15, -0.1) is 0 Å². The molecule has 3 aliphatic carbocycles. The third-order valence-electron chi connectivity index (χ3n) is 9.16. The van der Waals surface area contributed by atoms with Gasteiger partial charge in [0.1, 0.15) is 0 Å². The fraction of sp³-hybridized carbons (Fsp3) is 1.00. The average molecular weight is 437 g/mol. The highest BCUT2D eigenvalue weighted by molar-refractivity contribution is 4.85. The number of aliphatic hydroxyl groups excluding tert-OH is 2. The molecular formula is C29H56O2. The Kier molecular flexibility index (Phi) is 13.1. The molecule has 0 spiro atoms. The highest BCUT2D eigenvalue weighted by Crippen LogP contribution is 2.43. The van der Waals surface area contributed by atoms with Gasteiger partial charge in [-0.3, -0.25) is 0 Å². The molecule has 3 rings (SSSR count). The summed E-state index contributed by atoms with van der Waals surface area (Å²) in [6.45, 7) is 9.54. The number of hydrogen-bond donors (Lipinski definition) is 2. The molecule has 2 heteroatoms. The zero-order valence-corrected chi connectivity index (χ0v) is 21.5. The molecule has 3 aliphatic rings. The molecule has 0 bridgehead atoms. The summed E-state index contributed by atoms with van der Waals surface area (Å²) >= 11 is 0. The second-order valence-corrected chi connectivity index (χ2v) is 12.0. The van der Waals surface area contributed by atoms with E-state index in [0.717, 1.165) is 29.6 Å². The van der Waals surface area contributed by atoms with Crippen molar-refractivity contribution in [1.29, 1.82) is 0 Å². The molecule has 3 saturated carbocycles. The quantitative estimate of drug-likeness (QED) is 0.404. The zero-order chi connectivity index (χ0) is 22.6. The predicted octanol–water partition coefficient (Wildman–Crippen LogP) is 8.00. The summed E-state index contributed by atoms with van der Waals surface area (Å²) in [7, 11) is 0. The molecule has 0 amide bonds. The Morgan fingerprint density at radius 2 is 1.39 bits per heavy atom. The molecule has 5 atom stereocenters. The van der Waals surface area contributed by atoms with Crippen molar-refractivity contribution in [2.45, 2.75) is 137 Å². The van der Waals surface area contributed by atoms with Crippen molar-refractivity contribution in [2.75, 3.05) is 6.61 Å². The smallest absolute Gasteiger partial charge is 0.0540 e. The van der Waals surface area contributed by atoms with E-state index in [1.807, 2.05) is 6.92 Å². The van der Waals surface area contributed by atoms with Crippen LogP contribution in [0.15, 0.2) is 0 Å². The Balaban J connectivity index is 0.000000316. The van der Waals surface area contributed by atoms with Gasteiger partial charge in [0.25, 0.3) is 0 Å². The van der Waals surface area contributed by atoms with Crippen LogP contribution in [0, 0.1) is 41.4 Å². The van der Waals surface area contributed by atoms with Crippen LogP contribution in [0.3, 0.4) is 0 Å². The molecule has 0 heterocycles. The largest absolute Gasteiger partial charge is 0.396 e. The Labute approximate surface area is 195 Å². The van der Waals surface area contributed by atoms with Gasteiger partial charge in [-0.1, -0.05) is 91.4 Å². The van der Waals surface area contributed by atoms with Crippen molar-refractivity contribution in [3.63, 3.8) is 0 Å². The van der Waals surface area contributed by atoms with Gasteiger partial charge in [-0.05, 0) is 80.5 Å². The first-order chi connectivity index (χ1) is 14.9. The number of aliphatic hydroxyl groups is 2. The van der Waals surface area contributed by atoms with Gasteiger partial charge in [0, 0.05) is 6.61 Å². The molecule has 5 unspecified atom stereocenters. The maximum absolute atomic E-state index is 10.0. The number of rotatable bonds is 8. The van der Waals surface area contributed by atoms with Crippen LogP contribution in [-0.2, 0) is 0 Å². The molecule has 31 heavy (non-hydrogen) atoms. The first-order valence-electron chi connectivity index (χ1n) is 14.2. The van der Waals surface area contributed by atoms with Gasteiger partial charge in [-0.25, -0.2) is 0 Å². The summed E-state index contributed by atoms with van der Waals surface area (Å²) in [5, 5.41) is 19.2. The van der Waals surface area contributed by atoms with Gasteiger partial charge in [0.15, 0.2) is 0 Å². The predicted molar refractivity (Wildman–Crippen MR) is 134 cm³/mol. The topological polar surface area (TPSA) is 40.5 Å². The lowest BCUT2D eigenvalue weighted by molar-refractivity contribution is 0.0522. The SMILES string of the molecule is CC(O)C1CCCCC1.CC1CCC(C(C)C)C(C(CO)CCCC2CCCCC2)C1. The average Bonchev–Trinajstić information content (AvgIpc) is 2.78. The molecule has 3 fully saturated rings. The highest BCUT2D eigenvalue weighted by Gasteiger charge is 2.35. The maximum Gasteiger partial charge on any atom is 0.0540 e. The Morgan fingerprint density at radius 3 is 1.90 bits per heavy atom. The van der Waals surface area contributed by atoms with E-state index in [-0.39, 0.29) is 6.10 Å². The minimum Gasteiger partial charge on any atom is -0.396 e. The van der Waals surface area contributed by atoms with E-state index in [1.165, 1.54) is 103 Å². The third-order valence-corrected chi connectivity index (χ3v) is 9.16. The van der Waals surface area contributed by atoms with Crippen molar-refractivity contribution >= 4 is 0 Å². The lowest BCUT2D eigenvalue weighted by Crippen LogP contribution is -2.34. The molecule has 2 N–H and O–H groups in total. The van der Waals surface area contributed by atoms with Crippen molar-refractivity contribution in [1.82, 2.24) is 0 Å². The van der Waals surface area contributed by atoms with E-state index in [1.54, 1.807) is 0 Å².